The Morgan fingerprint density at radius 1 is 1.03 bits per heavy atom. The molecule has 2 rings (SSSR count). The van der Waals surface area contributed by atoms with Crippen LogP contribution in [-0.4, -0.2) is 53.9 Å². The van der Waals surface area contributed by atoms with Gasteiger partial charge in [-0.15, -0.1) is 0 Å². The number of hydrogen-bond donors (Lipinski definition) is 0. The number of ether oxygens (including phenoxy) is 1. The maximum Gasteiger partial charge on any atom is 0.335 e. The van der Waals surface area contributed by atoms with E-state index in [1.807, 2.05) is 0 Å². The van der Waals surface area contributed by atoms with Gasteiger partial charge >= 0.3 is 17.1 Å². The molecule has 0 aromatic heterocycles. The number of fused-ring (bicyclic) bond motifs is 1. The molecule has 2 aliphatic heterocycles. The summed E-state index contributed by atoms with van der Waals surface area (Å²) in [7, 11) is -5.59. The molecule has 10 heteroatoms. The molecule has 2 aliphatic rings. The van der Waals surface area contributed by atoms with Crippen molar-refractivity contribution in [2.75, 3.05) is 6.61 Å². The summed E-state index contributed by atoms with van der Waals surface area (Å²) in [5.74, 6) is 0. The van der Waals surface area contributed by atoms with Crippen LogP contribution in [-0.2, 0) is 22.5 Å². The summed E-state index contributed by atoms with van der Waals surface area (Å²) in [6, 6.07) is 0. The predicted octanol–water partition coefficient (Wildman–Crippen LogP) is 4.98. The fourth-order valence-electron chi connectivity index (χ4n) is 4.79. The van der Waals surface area contributed by atoms with Crippen LogP contribution in [0.15, 0.2) is 5.11 Å². The number of aldehydes is 1. The Morgan fingerprint density at radius 2 is 1.55 bits per heavy atom. The van der Waals surface area contributed by atoms with E-state index < -0.39 is 41.0 Å². The van der Waals surface area contributed by atoms with Gasteiger partial charge in [-0.1, -0.05) is 60.5 Å². The van der Waals surface area contributed by atoms with Gasteiger partial charge in [-0.3, -0.25) is 0 Å². The lowest BCUT2D eigenvalue weighted by atomic mass is 9.90. The largest absolute Gasteiger partial charge is 0.414 e. The van der Waals surface area contributed by atoms with E-state index in [0.29, 0.717) is 6.29 Å². The molecule has 0 bridgehead atoms. The Morgan fingerprint density at radius 3 is 1.97 bits per heavy atom. The van der Waals surface area contributed by atoms with E-state index >= 15 is 0 Å². The normalized spacial score (nSPS) is 34.0. The zero-order valence-corrected chi connectivity index (χ0v) is 21.2. The molecule has 0 N–H and O–H groups in total. The second-order valence-electron chi connectivity index (χ2n) is 9.52. The average molecular weight is 444 g/mol. The summed E-state index contributed by atoms with van der Waals surface area (Å²) in [5, 5.41) is 3.89. The second kappa shape index (κ2) is 8.78. The molecule has 166 valence electrons. The van der Waals surface area contributed by atoms with Crippen molar-refractivity contribution in [3.8, 4) is 0 Å². The van der Waals surface area contributed by atoms with Gasteiger partial charge in [-0.25, -0.2) is 0 Å². The lowest BCUT2D eigenvalue weighted by molar-refractivity contribution is -0.115. The van der Waals surface area contributed by atoms with E-state index in [1.165, 1.54) is 0 Å². The molecule has 2 fully saturated rings. The Labute approximate surface area is 176 Å². The maximum atomic E-state index is 12.2. The fourth-order valence-corrected chi connectivity index (χ4v) is 16.0. The van der Waals surface area contributed by atoms with Crippen molar-refractivity contribution in [1.82, 2.24) is 0 Å². The SMILES string of the molecule is CC(C)[Si]1(C(C)C)OC[C@H]2O[C@@H](C)[C@](C=O)(N=[N+]=[N-])C2O[Si](C(C)C)(C(C)C)O1. The summed E-state index contributed by atoms with van der Waals surface area (Å²) in [4.78, 5) is 15.1. The Hall–Kier alpha value is -0.746. The van der Waals surface area contributed by atoms with Crippen molar-refractivity contribution in [3.05, 3.63) is 10.4 Å². The summed E-state index contributed by atoms with van der Waals surface area (Å²) < 4.78 is 26.7. The lowest BCUT2D eigenvalue weighted by Gasteiger charge is -2.52. The molecule has 0 amide bonds. The number of rotatable bonds is 6. The third-order valence-corrected chi connectivity index (χ3v) is 16.8. The van der Waals surface area contributed by atoms with Gasteiger partial charge in [0.05, 0.1) is 18.8 Å². The van der Waals surface area contributed by atoms with Gasteiger partial charge in [0.1, 0.15) is 12.4 Å². The molecule has 4 atom stereocenters. The highest BCUT2D eigenvalue weighted by atomic mass is 28.5. The molecule has 2 heterocycles. The van der Waals surface area contributed by atoms with Gasteiger partial charge < -0.3 is 22.5 Å². The first-order valence-corrected chi connectivity index (χ1v) is 14.6. The maximum absolute atomic E-state index is 12.2. The first-order chi connectivity index (χ1) is 13.4. The van der Waals surface area contributed by atoms with Crippen LogP contribution in [0, 0.1) is 0 Å². The van der Waals surface area contributed by atoms with Crippen LogP contribution >= 0.6 is 0 Å². The van der Waals surface area contributed by atoms with Crippen molar-refractivity contribution in [3.63, 3.8) is 0 Å². The average Bonchev–Trinajstić information content (AvgIpc) is 2.86. The molecule has 0 saturated carbocycles. The smallest absolute Gasteiger partial charge is 0.335 e. The van der Waals surface area contributed by atoms with Crippen molar-refractivity contribution >= 4 is 23.4 Å². The molecule has 0 spiro atoms. The molecular weight excluding hydrogens is 406 g/mol. The molecule has 0 aromatic carbocycles. The van der Waals surface area contributed by atoms with Crippen molar-refractivity contribution < 1.29 is 22.5 Å². The molecule has 0 aromatic rings. The second-order valence-corrected chi connectivity index (χ2v) is 18.4. The van der Waals surface area contributed by atoms with E-state index in [0.717, 1.165) is 0 Å². The van der Waals surface area contributed by atoms with Crippen LogP contribution in [0.3, 0.4) is 0 Å². The van der Waals surface area contributed by atoms with Gasteiger partial charge in [0.25, 0.3) is 0 Å². The van der Waals surface area contributed by atoms with Gasteiger partial charge in [0, 0.05) is 4.91 Å². The van der Waals surface area contributed by atoms with Gasteiger partial charge in [-0.05, 0) is 34.6 Å². The summed E-state index contributed by atoms with van der Waals surface area (Å²) in [6.07, 6.45) is -1.14. The zero-order valence-electron chi connectivity index (χ0n) is 19.2. The molecule has 29 heavy (non-hydrogen) atoms. The number of nitrogens with zero attached hydrogens (tertiary/aromatic N) is 3. The van der Waals surface area contributed by atoms with E-state index in [-0.39, 0.29) is 28.8 Å². The van der Waals surface area contributed by atoms with Crippen LogP contribution in [0.4, 0.5) is 0 Å². The molecular formula is C19H37N3O5Si2. The summed E-state index contributed by atoms with van der Waals surface area (Å²) in [5.41, 5.74) is 8.42. The first-order valence-electron chi connectivity index (χ1n) is 10.6. The Kier molecular flexibility index (Phi) is 7.42. The van der Waals surface area contributed by atoms with Crippen molar-refractivity contribution in [2.24, 2.45) is 5.11 Å². The third-order valence-electron chi connectivity index (χ3n) is 6.55. The van der Waals surface area contributed by atoms with E-state index in [2.05, 4.69) is 65.4 Å². The summed E-state index contributed by atoms with van der Waals surface area (Å²) >= 11 is 0. The predicted molar refractivity (Wildman–Crippen MR) is 116 cm³/mol. The van der Waals surface area contributed by atoms with Crippen LogP contribution in [0.1, 0.15) is 62.3 Å². The standard InChI is InChI=1S/C19H37N3O5Si2/c1-12(2)28(13(3)4)24-10-17-18(19(11-23,21-22-20)16(9)25-17)26-29(27-28,14(5)6)15(7)8/h11-18H,10H2,1-9H3/t16-,17+,18?,19-/m0/s1. The first kappa shape index (κ1) is 24.5. The molecule has 0 aliphatic carbocycles. The Balaban J connectivity index is 2.69. The molecule has 1 unspecified atom stereocenters. The highest BCUT2D eigenvalue weighted by Gasteiger charge is 2.64. The molecule has 8 nitrogen and oxygen atoms in total. The van der Waals surface area contributed by atoms with E-state index in [1.54, 1.807) is 6.92 Å². The monoisotopic (exact) mass is 443 g/mol. The fraction of sp³-hybridized carbons (Fsp3) is 0.947. The number of carbonyl (C=O) groups is 1. The van der Waals surface area contributed by atoms with Crippen molar-refractivity contribution in [2.45, 2.75) is 108 Å². The lowest BCUT2D eigenvalue weighted by Crippen LogP contribution is -2.67. The van der Waals surface area contributed by atoms with Crippen molar-refractivity contribution in [1.29, 1.82) is 0 Å². The molecule has 2 saturated heterocycles. The van der Waals surface area contributed by atoms with Crippen LogP contribution in [0.5, 0.6) is 0 Å². The van der Waals surface area contributed by atoms with E-state index in [9.17, 15) is 10.3 Å². The highest BCUT2D eigenvalue weighted by Crippen LogP contribution is 2.49. The number of carbonyl (C=O) groups excluding carboxylic acids is 1. The van der Waals surface area contributed by atoms with E-state index in [4.69, 9.17) is 17.7 Å². The topological polar surface area (TPSA) is 103 Å². The summed E-state index contributed by atoms with van der Waals surface area (Å²) in [6.45, 7) is 19.1. The van der Waals surface area contributed by atoms with Crippen LogP contribution < -0.4 is 0 Å². The zero-order chi connectivity index (χ0) is 22.2. The van der Waals surface area contributed by atoms with Crippen LogP contribution in [0.2, 0.25) is 22.2 Å². The quantitative estimate of drug-likeness (QED) is 0.189. The van der Waals surface area contributed by atoms with Gasteiger partial charge in [0.15, 0.2) is 5.54 Å². The number of hydrogen-bond acceptors (Lipinski definition) is 6. The minimum Gasteiger partial charge on any atom is -0.414 e. The highest BCUT2D eigenvalue weighted by molar-refractivity contribution is 6.84. The number of azide groups is 1. The van der Waals surface area contributed by atoms with Crippen LogP contribution in [0.25, 0.3) is 10.4 Å². The minimum atomic E-state index is -2.92. The Bertz CT molecular complexity index is 638. The third kappa shape index (κ3) is 3.84. The minimum absolute atomic E-state index is 0.112. The van der Waals surface area contributed by atoms with Gasteiger partial charge in [-0.2, -0.15) is 0 Å². The van der Waals surface area contributed by atoms with Gasteiger partial charge in [0.2, 0.25) is 0 Å². The molecule has 0 radical (unpaired) electrons.